The molecule has 0 aliphatic carbocycles. The smallest absolute Gasteiger partial charge is 0.267 e. The molecule has 0 fully saturated rings. The Kier molecular flexibility index (Phi) is 6.39. The molecule has 1 amide bonds. The lowest BCUT2D eigenvalue weighted by atomic mass is 10.1. The molecule has 1 aromatic heterocycles. The van der Waals surface area contributed by atoms with Crippen LogP contribution >= 0.6 is 11.3 Å². The van der Waals surface area contributed by atoms with E-state index in [-0.39, 0.29) is 9.77 Å². The monoisotopic (exact) mass is 428 g/mol. The summed E-state index contributed by atoms with van der Waals surface area (Å²) in [6.07, 6.45) is 1.73. The zero-order valence-corrected chi connectivity index (χ0v) is 18.3. The van der Waals surface area contributed by atoms with Gasteiger partial charge in [-0.1, -0.05) is 38.1 Å². The summed E-state index contributed by atoms with van der Waals surface area (Å²) in [7, 11) is -2.37. The number of sulfonamides is 1. The fraction of sp³-hybridized carbons (Fsp3) is 0.227. The van der Waals surface area contributed by atoms with E-state index in [2.05, 4.69) is 5.32 Å². The van der Waals surface area contributed by atoms with E-state index in [1.807, 2.05) is 44.2 Å². The normalized spacial score (nSPS) is 11.3. The summed E-state index contributed by atoms with van der Waals surface area (Å²) in [4.78, 5) is 13.0. The van der Waals surface area contributed by atoms with Crippen molar-refractivity contribution in [2.24, 2.45) is 0 Å². The highest BCUT2D eigenvalue weighted by atomic mass is 32.2. The number of benzene rings is 2. The van der Waals surface area contributed by atoms with Gasteiger partial charge >= 0.3 is 0 Å². The van der Waals surface area contributed by atoms with E-state index in [9.17, 15) is 13.2 Å². The zero-order chi connectivity index (χ0) is 21.0. The fourth-order valence-corrected chi connectivity index (χ4v) is 5.44. The summed E-state index contributed by atoms with van der Waals surface area (Å²) in [5, 5.41) is 4.44. The maximum atomic E-state index is 13.2. The lowest BCUT2D eigenvalue weighted by molar-refractivity contribution is 0.102. The molecule has 29 heavy (non-hydrogen) atoms. The SMILES string of the molecule is CCc1ccc(N(C)S(=O)(=O)c2ccsc2C(=O)Nc2cccc(CC)c2)cc1. The second-order valence-electron chi connectivity index (χ2n) is 6.61. The Labute approximate surface area is 176 Å². The van der Waals surface area contributed by atoms with E-state index < -0.39 is 15.9 Å². The van der Waals surface area contributed by atoms with Crippen LogP contribution in [0.5, 0.6) is 0 Å². The number of aryl methyl sites for hydroxylation is 2. The largest absolute Gasteiger partial charge is 0.321 e. The van der Waals surface area contributed by atoms with Crippen molar-refractivity contribution in [3.05, 3.63) is 76.0 Å². The van der Waals surface area contributed by atoms with E-state index in [0.29, 0.717) is 11.4 Å². The molecule has 1 N–H and O–H groups in total. The first-order valence-electron chi connectivity index (χ1n) is 9.42. The van der Waals surface area contributed by atoms with Gasteiger partial charge in [0.1, 0.15) is 9.77 Å². The molecular formula is C22H24N2O3S2. The van der Waals surface area contributed by atoms with E-state index in [1.165, 1.54) is 17.4 Å². The first-order valence-corrected chi connectivity index (χ1v) is 11.7. The predicted octanol–water partition coefficient (Wildman–Crippen LogP) is 4.95. The molecule has 0 saturated heterocycles. The second-order valence-corrected chi connectivity index (χ2v) is 9.47. The molecule has 3 rings (SSSR count). The third-order valence-corrected chi connectivity index (χ3v) is 7.65. The quantitative estimate of drug-likeness (QED) is 0.579. The van der Waals surface area contributed by atoms with Crippen LogP contribution in [0.25, 0.3) is 0 Å². The standard InChI is InChI=1S/C22H24N2O3S2/c1-4-16-9-11-19(12-10-16)24(3)29(26,27)20-13-14-28-21(20)22(25)23-18-8-6-7-17(5-2)15-18/h6-15H,4-5H2,1-3H3,(H,23,25). The number of hydrogen-bond donors (Lipinski definition) is 1. The molecule has 0 atom stereocenters. The molecule has 2 aromatic carbocycles. The molecule has 7 heteroatoms. The minimum atomic E-state index is -3.87. The van der Waals surface area contributed by atoms with Crippen molar-refractivity contribution >= 4 is 38.6 Å². The van der Waals surface area contributed by atoms with Crippen molar-refractivity contribution in [3.8, 4) is 0 Å². The second kappa shape index (κ2) is 8.80. The van der Waals surface area contributed by atoms with Crippen LogP contribution in [0, 0.1) is 0 Å². The number of hydrogen-bond acceptors (Lipinski definition) is 4. The van der Waals surface area contributed by atoms with Crippen LogP contribution in [0.4, 0.5) is 11.4 Å². The number of rotatable bonds is 7. The lowest BCUT2D eigenvalue weighted by Crippen LogP contribution is -2.28. The van der Waals surface area contributed by atoms with Gasteiger partial charge in [0, 0.05) is 12.7 Å². The minimum absolute atomic E-state index is 0.00807. The van der Waals surface area contributed by atoms with Gasteiger partial charge < -0.3 is 5.32 Å². The number of nitrogens with one attached hydrogen (secondary N) is 1. The van der Waals surface area contributed by atoms with Crippen LogP contribution < -0.4 is 9.62 Å². The van der Waals surface area contributed by atoms with E-state index in [4.69, 9.17) is 0 Å². The third kappa shape index (κ3) is 4.52. The Morgan fingerprint density at radius 2 is 1.69 bits per heavy atom. The van der Waals surface area contributed by atoms with Gasteiger partial charge in [-0.25, -0.2) is 8.42 Å². The summed E-state index contributed by atoms with van der Waals surface area (Å²) in [6.45, 7) is 4.08. The number of nitrogens with zero attached hydrogens (tertiary/aromatic N) is 1. The number of amides is 1. The first-order chi connectivity index (χ1) is 13.9. The van der Waals surface area contributed by atoms with Crippen molar-refractivity contribution in [1.29, 1.82) is 0 Å². The summed E-state index contributed by atoms with van der Waals surface area (Å²) in [5.74, 6) is -0.429. The van der Waals surface area contributed by atoms with Crippen LogP contribution in [0.1, 0.15) is 34.6 Å². The van der Waals surface area contributed by atoms with E-state index in [1.54, 1.807) is 23.6 Å². The maximum absolute atomic E-state index is 13.2. The molecule has 1 heterocycles. The zero-order valence-electron chi connectivity index (χ0n) is 16.7. The summed E-state index contributed by atoms with van der Waals surface area (Å²) >= 11 is 1.11. The van der Waals surface area contributed by atoms with Gasteiger partial charge in [-0.2, -0.15) is 0 Å². The van der Waals surface area contributed by atoms with Crippen molar-refractivity contribution in [3.63, 3.8) is 0 Å². The predicted molar refractivity (Wildman–Crippen MR) is 120 cm³/mol. The highest BCUT2D eigenvalue weighted by molar-refractivity contribution is 7.93. The fourth-order valence-electron chi connectivity index (χ4n) is 2.95. The molecule has 0 unspecified atom stereocenters. The van der Waals surface area contributed by atoms with Crippen molar-refractivity contribution in [2.75, 3.05) is 16.7 Å². The minimum Gasteiger partial charge on any atom is -0.321 e. The molecular weight excluding hydrogens is 404 g/mol. The lowest BCUT2D eigenvalue weighted by Gasteiger charge is -2.20. The Balaban J connectivity index is 1.87. The van der Waals surface area contributed by atoms with Crippen LogP contribution in [-0.4, -0.2) is 21.4 Å². The molecule has 0 aliphatic heterocycles. The third-order valence-electron chi connectivity index (χ3n) is 4.78. The van der Waals surface area contributed by atoms with Gasteiger partial charge in [-0.15, -0.1) is 11.3 Å². The molecule has 0 saturated carbocycles. The van der Waals surface area contributed by atoms with Crippen LogP contribution in [0.3, 0.4) is 0 Å². The molecule has 0 bridgehead atoms. The number of thiophene rings is 1. The Bertz CT molecular complexity index is 1100. The number of carbonyl (C=O) groups is 1. The Hall–Kier alpha value is -2.64. The van der Waals surface area contributed by atoms with Gasteiger partial charge in [0.2, 0.25) is 0 Å². The van der Waals surface area contributed by atoms with Gasteiger partial charge in [0.05, 0.1) is 5.69 Å². The van der Waals surface area contributed by atoms with Crippen LogP contribution in [0.2, 0.25) is 0 Å². The molecule has 0 spiro atoms. The molecule has 0 aliphatic rings. The van der Waals surface area contributed by atoms with Crippen LogP contribution in [-0.2, 0) is 22.9 Å². The number of carbonyl (C=O) groups excluding carboxylic acids is 1. The summed E-state index contributed by atoms with van der Waals surface area (Å²) < 4.78 is 27.6. The molecule has 152 valence electrons. The summed E-state index contributed by atoms with van der Waals surface area (Å²) in [6, 6.07) is 16.4. The Morgan fingerprint density at radius 1 is 1.00 bits per heavy atom. The average Bonchev–Trinajstić information content (AvgIpc) is 3.24. The van der Waals surface area contributed by atoms with Gasteiger partial charge in [-0.05, 0) is 59.7 Å². The van der Waals surface area contributed by atoms with Crippen molar-refractivity contribution < 1.29 is 13.2 Å². The topological polar surface area (TPSA) is 66.5 Å². The highest BCUT2D eigenvalue weighted by Crippen LogP contribution is 2.29. The van der Waals surface area contributed by atoms with E-state index in [0.717, 1.165) is 35.3 Å². The van der Waals surface area contributed by atoms with Crippen LogP contribution in [0.15, 0.2) is 64.9 Å². The average molecular weight is 429 g/mol. The van der Waals surface area contributed by atoms with Gasteiger partial charge in [0.25, 0.3) is 15.9 Å². The highest BCUT2D eigenvalue weighted by Gasteiger charge is 2.28. The summed E-state index contributed by atoms with van der Waals surface area (Å²) in [5.41, 5.74) is 3.42. The Morgan fingerprint density at radius 3 is 2.34 bits per heavy atom. The van der Waals surface area contributed by atoms with E-state index >= 15 is 0 Å². The van der Waals surface area contributed by atoms with Gasteiger partial charge in [0.15, 0.2) is 0 Å². The maximum Gasteiger partial charge on any atom is 0.267 e. The van der Waals surface area contributed by atoms with Crippen molar-refractivity contribution in [1.82, 2.24) is 0 Å². The molecule has 3 aromatic rings. The van der Waals surface area contributed by atoms with Gasteiger partial charge in [-0.3, -0.25) is 9.10 Å². The molecule has 0 radical (unpaired) electrons. The number of anilines is 2. The molecule has 5 nitrogen and oxygen atoms in total. The van der Waals surface area contributed by atoms with Crippen molar-refractivity contribution in [2.45, 2.75) is 31.6 Å². The first kappa shape index (κ1) is 21.1.